The Labute approximate surface area is 147 Å². The van der Waals surface area contributed by atoms with E-state index in [1.807, 2.05) is 27.7 Å². The first kappa shape index (κ1) is 20.6. The third-order valence-corrected chi connectivity index (χ3v) is 3.52. The topological polar surface area (TPSA) is 105 Å². The van der Waals surface area contributed by atoms with Crippen molar-refractivity contribution in [2.24, 2.45) is 0 Å². The van der Waals surface area contributed by atoms with Crippen LogP contribution >= 0.6 is 0 Å². The number of benzene rings is 1. The minimum absolute atomic E-state index is 0.0535. The fourth-order valence-electron chi connectivity index (χ4n) is 2.29. The summed E-state index contributed by atoms with van der Waals surface area (Å²) in [6.07, 6.45) is 0. The Balaban J connectivity index is 2.76. The molecule has 0 radical (unpaired) electrons. The molecule has 0 saturated carbocycles. The van der Waals surface area contributed by atoms with Gasteiger partial charge in [0.2, 0.25) is 11.8 Å². The van der Waals surface area contributed by atoms with Gasteiger partial charge >= 0.3 is 0 Å². The van der Waals surface area contributed by atoms with Crippen LogP contribution in [0.4, 0.5) is 11.4 Å². The lowest BCUT2D eigenvalue weighted by Gasteiger charge is -2.23. The van der Waals surface area contributed by atoms with Crippen molar-refractivity contribution in [1.82, 2.24) is 10.2 Å². The van der Waals surface area contributed by atoms with Crippen molar-refractivity contribution in [2.45, 2.75) is 40.2 Å². The second-order valence-corrected chi connectivity index (χ2v) is 7.18. The van der Waals surface area contributed by atoms with Gasteiger partial charge in [-0.1, -0.05) is 6.07 Å². The number of nitrogens with one attached hydrogen (secondary N) is 2. The molecule has 8 heteroatoms. The average molecular weight is 350 g/mol. The summed E-state index contributed by atoms with van der Waals surface area (Å²) in [6, 6.07) is 3.02. The van der Waals surface area contributed by atoms with E-state index >= 15 is 0 Å². The van der Waals surface area contributed by atoms with Crippen molar-refractivity contribution in [1.29, 1.82) is 0 Å². The Kier molecular flexibility index (Phi) is 6.63. The third-order valence-electron chi connectivity index (χ3n) is 3.52. The van der Waals surface area contributed by atoms with Gasteiger partial charge in [-0.05, 0) is 52.8 Å². The Morgan fingerprint density at radius 3 is 2.24 bits per heavy atom. The van der Waals surface area contributed by atoms with Crippen molar-refractivity contribution in [3.8, 4) is 0 Å². The van der Waals surface area contributed by atoms with Crippen molar-refractivity contribution in [3.05, 3.63) is 33.4 Å². The van der Waals surface area contributed by atoms with Gasteiger partial charge < -0.3 is 10.6 Å². The van der Waals surface area contributed by atoms with E-state index in [2.05, 4.69) is 10.6 Å². The predicted molar refractivity (Wildman–Crippen MR) is 96.6 cm³/mol. The van der Waals surface area contributed by atoms with Gasteiger partial charge in [0.15, 0.2) is 0 Å². The number of anilines is 1. The van der Waals surface area contributed by atoms with Gasteiger partial charge in [-0.15, -0.1) is 0 Å². The maximum atomic E-state index is 12.2. The number of aryl methyl sites for hydroxylation is 1. The molecule has 2 amide bonds. The molecule has 1 aromatic carbocycles. The largest absolute Gasteiger partial charge is 0.350 e. The Hall–Kier alpha value is -2.48. The molecule has 0 aliphatic rings. The Morgan fingerprint density at radius 1 is 1.16 bits per heavy atom. The molecule has 0 saturated heterocycles. The van der Waals surface area contributed by atoms with E-state index in [4.69, 9.17) is 0 Å². The normalized spacial score (nSPS) is 11.3. The van der Waals surface area contributed by atoms with E-state index in [1.165, 1.54) is 6.07 Å². The zero-order valence-electron chi connectivity index (χ0n) is 15.6. The molecule has 0 heterocycles. The van der Waals surface area contributed by atoms with E-state index in [0.29, 0.717) is 5.56 Å². The number of hydrogen-bond acceptors (Lipinski definition) is 5. The van der Waals surface area contributed by atoms with Crippen LogP contribution in [0.1, 0.15) is 31.9 Å². The summed E-state index contributed by atoms with van der Waals surface area (Å²) in [5, 5.41) is 16.6. The minimum atomic E-state index is -0.525. The van der Waals surface area contributed by atoms with Gasteiger partial charge in [-0.25, -0.2) is 0 Å². The van der Waals surface area contributed by atoms with Gasteiger partial charge in [0.25, 0.3) is 5.69 Å². The second kappa shape index (κ2) is 8.06. The number of likely N-dealkylation sites (N-methyl/N-ethyl adjacent to an activating group) is 1. The van der Waals surface area contributed by atoms with Gasteiger partial charge in [-0.3, -0.25) is 24.6 Å². The summed E-state index contributed by atoms with van der Waals surface area (Å²) in [7, 11) is 1.64. The van der Waals surface area contributed by atoms with E-state index in [9.17, 15) is 19.7 Å². The first-order valence-electron chi connectivity index (χ1n) is 7.94. The smallest absolute Gasteiger partial charge is 0.293 e. The van der Waals surface area contributed by atoms with E-state index in [-0.39, 0.29) is 35.9 Å². The molecule has 0 fully saturated rings. The van der Waals surface area contributed by atoms with E-state index in [1.54, 1.807) is 24.9 Å². The van der Waals surface area contributed by atoms with E-state index < -0.39 is 10.8 Å². The number of nitrogens with zero attached hydrogens (tertiary/aromatic N) is 2. The number of carbonyl (C=O) groups excluding carboxylic acids is 2. The highest BCUT2D eigenvalue weighted by molar-refractivity contribution is 5.95. The fraction of sp³-hybridized carbons (Fsp3) is 0.529. The lowest BCUT2D eigenvalue weighted by molar-refractivity contribution is -0.384. The zero-order valence-corrected chi connectivity index (χ0v) is 15.6. The van der Waals surface area contributed by atoms with Crippen LogP contribution in [-0.2, 0) is 9.59 Å². The quantitative estimate of drug-likeness (QED) is 0.603. The zero-order chi connectivity index (χ0) is 19.4. The molecule has 0 unspecified atom stereocenters. The third kappa shape index (κ3) is 6.50. The van der Waals surface area contributed by atoms with Gasteiger partial charge in [-0.2, -0.15) is 0 Å². The first-order chi connectivity index (χ1) is 11.4. The fourth-order valence-corrected chi connectivity index (χ4v) is 2.29. The molecule has 2 N–H and O–H groups in total. The lowest BCUT2D eigenvalue weighted by Crippen LogP contribution is -2.46. The van der Waals surface area contributed by atoms with Gasteiger partial charge in [0.05, 0.1) is 18.0 Å². The van der Waals surface area contributed by atoms with Crippen LogP contribution in [0.2, 0.25) is 0 Å². The van der Waals surface area contributed by atoms with Crippen molar-refractivity contribution in [3.63, 3.8) is 0 Å². The highest BCUT2D eigenvalue weighted by Crippen LogP contribution is 2.30. The highest BCUT2D eigenvalue weighted by Gasteiger charge is 2.21. The predicted octanol–water partition coefficient (Wildman–Crippen LogP) is 2.00. The lowest BCUT2D eigenvalue weighted by atomic mass is 10.1. The summed E-state index contributed by atoms with van der Waals surface area (Å²) in [6.45, 7) is 9.16. The highest BCUT2D eigenvalue weighted by atomic mass is 16.6. The number of carbonyl (C=O) groups is 2. The minimum Gasteiger partial charge on any atom is -0.350 e. The summed E-state index contributed by atoms with van der Waals surface area (Å²) < 4.78 is 0. The number of amides is 2. The van der Waals surface area contributed by atoms with Crippen LogP contribution in [0.5, 0.6) is 0 Å². The summed E-state index contributed by atoms with van der Waals surface area (Å²) in [4.78, 5) is 36.3. The first-order valence-corrected chi connectivity index (χ1v) is 7.94. The standard InChI is InChI=1S/C17H26N4O4/c1-11-7-8-13(21(24)25)16(12(11)2)18-14(22)9-20(6)10-15(23)19-17(3,4)5/h7-8H,9-10H2,1-6H3,(H,18,22)(H,19,23). The molecule has 8 nitrogen and oxygen atoms in total. The Bertz CT molecular complexity index is 680. The summed E-state index contributed by atoms with van der Waals surface area (Å²) in [5.41, 5.74) is 1.20. The monoisotopic (exact) mass is 350 g/mol. The summed E-state index contributed by atoms with van der Waals surface area (Å²) >= 11 is 0. The molecule has 0 aliphatic heterocycles. The SMILES string of the molecule is Cc1ccc([N+](=O)[O-])c(NC(=O)CN(C)CC(=O)NC(C)(C)C)c1C. The van der Waals surface area contributed by atoms with Crippen LogP contribution in [-0.4, -0.2) is 47.3 Å². The number of hydrogen-bond donors (Lipinski definition) is 2. The number of nitro benzene ring substituents is 1. The molecular formula is C17H26N4O4. The van der Waals surface area contributed by atoms with Crippen LogP contribution in [0.3, 0.4) is 0 Å². The molecular weight excluding hydrogens is 324 g/mol. The summed E-state index contributed by atoms with van der Waals surface area (Å²) in [5.74, 6) is -0.608. The second-order valence-electron chi connectivity index (χ2n) is 7.18. The number of rotatable bonds is 6. The van der Waals surface area contributed by atoms with Crippen molar-refractivity contribution < 1.29 is 14.5 Å². The molecule has 1 aromatic rings. The average Bonchev–Trinajstić information content (AvgIpc) is 2.40. The van der Waals surface area contributed by atoms with Gasteiger partial charge in [0, 0.05) is 11.6 Å². The molecule has 0 bridgehead atoms. The Morgan fingerprint density at radius 2 is 1.72 bits per heavy atom. The molecule has 0 atom stereocenters. The molecule has 0 aliphatic carbocycles. The van der Waals surface area contributed by atoms with Crippen molar-refractivity contribution in [2.75, 3.05) is 25.5 Å². The molecule has 1 rings (SSSR count). The number of nitro groups is 1. The maximum Gasteiger partial charge on any atom is 0.293 e. The molecule has 138 valence electrons. The van der Waals surface area contributed by atoms with Gasteiger partial charge in [0.1, 0.15) is 5.69 Å². The maximum absolute atomic E-state index is 12.2. The van der Waals surface area contributed by atoms with Crippen LogP contribution in [0, 0.1) is 24.0 Å². The molecule has 0 spiro atoms. The molecule has 0 aromatic heterocycles. The van der Waals surface area contributed by atoms with Crippen LogP contribution in [0.15, 0.2) is 12.1 Å². The van der Waals surface area contributed by atoms with E-state index in [0.717, 1.165) is 5.56 Å². The van der Waals surface area contributed by atoms with Crippen molar-refractivity contribution >= 4 is 23.2 Å². The van der Waals surface area contributed by atoms with Crippen LogP contribution < -0.4 is 10.6 Å². The molecule has 25 heavy (non-hydrogen) atoms. The van der Waals surface area contributed by atoms with Crippen LogP contribution in [0.25, 0.3) is 0 Å².